The van der Waals surface area contributed by atoms with Crippen molar-refractivity contribution in [1.29, 1.82) is 0 Å². The van der Waals surface area contributed by atoms with Crippen molar-refractivity contribution in [3.8, 4) is 0 Å². The Bertz CT molecular complexity index is 758. The Morgan fingerprint density at radius 3 is 2.42 bits per heavy atom. The summed E-state index contributed by atoms with van der Waals surface area (Å²) in [7, 11) is 0. The molecule has 0 aromatic rings. The summed E-state index contributed by atoms with van der Waals surface area (Å²) in [6.07, 6.45) is 3.12. The fourth-order valence-corrected chi connectivity index (χ4v) is 4.86. The number of nitrogens with one attached hydrogen (secondary N) is 3. The molecule has 0 aromatic heterocycles. The normalized spacial score (nSPS) is 27.6. The molecule has 0 aliphatic carbocycles. The molecule has 2 atom stereocenters. The highest BCUT2D eigenvalue weighted by atomic mass is 16.2. The molecule has 0 bridgehead atoms. The van der Waals surface area contributed by atoms with E-state index in [1.807, 2.05) is 0 Å². The summed E-state index contributed by atoms with van der Waals surface area (Å²) in [6.45, 7) is 7.85. The molecule has 3 saturated heterocycles. The van der Waals surface area contributed by atoms with E-state index in [-0.39, 0.29) is 65.5 Å². The molecule has 3 aliphatic rings. The van der Waals surface area contributed by atoms with E-state index in [2.05, 4.69) is 36.7 Å². The first kappa shape index (κ1) is 23.2. The molecule has 3 aliphatic heterocycles. The second-order valence-electron chi connectivity index (χ2n) is 10.3. The SMILES string of the molecule is CC(C)(C)C1(CNC(=O)[C@H]2CCCC(=O)N2)CCN(C(=O)CC2CC(=O)NC(=O)C2)C1. The van der Waals surface area contributed by atoms with Crippen LogP contribution in [0.15, 0.2) is 0 Å². The summed E-state index contributed by atoms with van der Waals surface area (Å²) in [4.78, 5) is 62.1. The van der Waals surface area contributed by atoms with E-state index in [1.54, 1.807) is 4.90 Å². The lowest BCUT2D eigenvalue weighted by Crippen LogP contribution is -2.53. The molecule has 1 unspecified atom stereocenters. The van der Waals surface area contributed by atoms with Crippen molar-refractivity contribution >= 4 is 29.5 Å². The lowest BCUT2D eigenvalue weighted by Gasteiger charge is -2.42. The van der Waals surface area contributed by atoms with E-state index < -0.39 is 6.04 Å². The van der Waals surface area contributed by atoms with Crippen molar-refractivity contribution in [3.63, 3.8) is 0 Å². The summed E-state index contributed by atoms with van der Waals surface area (Å²) < 4.78 is 0. The van der Waals surface area contributed by atoms with Crippen LogP contribution in [0, 0.1) is 16.7 Å². The molecule has 3 heterocycles. The molecule has 9 heteroatoms. The van der Waals surface area contributed by atoms with Gasteiger partial charge in [0.25, 0.3) is 0 Å². The van der Waals surface area contributed by atoms with Gasteiger partial charge in [-0.25, -0.2) is 0 Å². The van der Waals surface area contributed by atoms with Crippen molar-refractivity contribution in [2.75, 3.05) is 19.6 Å². The number of hydrogen-bond acceptors (Lipinski definition) is 5. The van der Waals surface area contributed by atoms with Crippen LogP contribution in [0.2, 0.25) is 0 Å². The van der Waals surface area contributed by atoms with Crippen LogP contribution in [0.25, 0.3) is 0 Å². The average Bonchev–Trinajstić information content (AvgIpc) is 3.11. The largest absolute Gasteiger partial charge is 0.354 e. The van der Waals surface area contributed by atoms with Crippen molar-refractivity contribution in [2.45, 2.75) is 71.8 Å². The van der Waals surface area contributed by atoms with Gasteiger partial charge in [0.1, 0.15) is 6.04 Å². The average molecular weight is 435 g/mol. The van der Waals surface area contributed by atoms with Gasteiger partial charge < -0.3 is 15.5 Å². The lowest BCUT2D eigenvalue weighted by atomic mass is 9.66. The van der Waals surface area contributed by atoms with Crippen LogP contribution in [0.3, 0.4) is 0 Å². The smallest absolute Gasteiger partial charge is 0.242 e. The second-order valence-corrected chi connectivity index (χ2v) is 10.3. The molecule has 3 rings (SSSR count). The van der Waals surface area contributed by atoms with Gasteiger partial charge in [0.15, 0.2) is 0 Å². The van der Waals surface area contributed by atoms with Gasteiger partial charge in [0.2, 0.25) is 29.5 Å². The number of rotatable bonds is 5. The van der Waals surface area contributed by atoms with Crippen LogP contribution in [0.1, 0.15) is 65.7 Å². The van der Waals surface area contributed by atoms with E-state index >= 15 is 0 Å². The van der Waals surface area contributed by atoms with Crippen molar-refractivity contribution in [1.82, 2.24) is 20.9 Å². The van der Waals surface area contributed by atoms with Crippen molar-refractivity contribution in [3.05, 3.63) is 0 Å². The Kier molecular flexibility index (Phi) is 6.71. The number of piperidine rings is 2. The van der Waals surface area contributed by atoms with E-state index in [1.165, 1.54) is 0 Å². The molecule has 31 heavy (non-hydrogen) atoms. The standard InChI is InChI=1S/C22H34N4O5/c1-21(2,3)22(12-23-20(31)15-5-4-6-16(27)24-15)7-8-26(13-22)19(30)11-14-9-17(28)25-18(29)10-14/h14-15H,4-13H2,1-3H3,(H,23,31)(H,24,27)(H,25,28,29)/t15-,22?/m1/s1. The summed E-state index contributed by atoms with van der Waals surface area (Å²) in [5, 5.41) is 8.05. The maximum Gasteiger partial charge on any atom is 0.242 e. The minimum atomic E-state index is -0.493. The molecule has 0 saturated carbocycles. The zero-order valence-corrected chi connectivity index (χ0v) is 18.7. The van der Waals surface area contributed by atoms with Gasteiger partial charge in [-0.2, -0.15) is 0 Å². The number of imide groups is 1. The maximum absolute atomic E-state index is 12.9. The Hall–Kier alpha value is -2.45. The first-order valence-electron chi connectivity index (χ1n) is 11.2. The van der Waals surface area contributed by atoms with Crippen LogP contribution in [0.4, 0.5) is 0 Å². The highest BCUT2D eigenvalue weighted by Crippen LogP contribution is 2.46. The van der Waals surface area contributed by atoms with Gasteiger partial charge in [-0.05, 0) is 30.6 Å². The molecule has 0 radical (unpaired) electrons. The predicted octanol–water partition coefficient (Wildman–Crippen LogP) is 0.479. The van der Waals surface area contributed by atoms with Gasteiger partial charge in [-0.1, -0.05) is 20.8 Å². The van der Waals surface area contributed by atoms with Gasteiger partial charge in [0.05, 0.1) is 0 Å². The van der Waals surface area contributed by atoms with Gasteiger partial charge >= 0.3 is 0 Å². The quantitative estimate of drug-likeness (QED) is 0.543. The fourth-order valence-electron chi connectivity index (χ4n) is 4.86. The van der Waals surface area contributed by atoms with E-state index in [9.17, 15) is 24.0 Å². The zero-order chi connectivity index (χ0) is 22.8. The van der Waals surface area contributed by atoms with Gasteiger partial charge in [-0.3, -0.25) is 29.3 Å². The zero-order valence-electron chi connectivity index (χ0n) is 18.7. The molecule has 0 aromatic carbocycles. The lowest BCUT2D eigenvalue weighted by molar-refractivity contribution is -0.137. The minimum Gasteiger partial charge on any atom is -0.354 e. The molecule has 0 spiro atoms. The van der Waals surface area contributed by atoms with Crippen LogP contribution in [-0.2, 0) is 24.0 Å². The van der Waals surface area contributed by atoms with Crippen molar-refractivity contribution in [2.24, 2.45) is 16.7 Å². The first-order chi connectivity index (χ1) is 14.5. The molecular weight excluding hydrogens is 400 g/mol. The number of carbonyl (C=O) groups is 5. The van der Waals surface area contributed by atoms with E-state index in [4.69, 9.17) is 0 Å². The Labute approximate surface area is 183 Å². The molecular formula is C22H34N4O5. The van der Waals surface area contributed by atoms with Crippen molar-refractivity contribution < 1.29 is 24.0 Å². The molecule has 3 N–H and O–H groups in total. The summed E-state index contributed by atoms with van der Waals surface area (Å²) in [5.41, 5.74) is -0.456. The number of carbonyl (C=O) groups excluding carboxylic acids is 5. The second kappa shape index (κ2) is 8.96. The number of hydrogen-bond donors (Lipinski definition) is 3. The third-order valence-corrected chi connectivity index (χ3v) is 7.14. The van der Waals surface area contributed by atoms with Gasteiger partial charge in [-0.15, -0.1) is 0 Å². The highest BCUT2D eigenvalue weighted by Gasteiger charge is 2.48. The highest BCUT2D eigenvalue weighted by molar-refractivity contribution is 5.98. The third kappa shape index (κ3) is 5.43. The summed E-state index contributed by atoms with van der Waals surface area (Å²) in [5.74, 6) is -1.22. The Morgan fingerprint density at radius 2 is 1.81 bits per heavy atom. The number of nitrogens with zero attached hydrogens (tertiary/aromatic N) is 1. The predicted molar refractivity (Wildman–Crippen MR) is 112 cm³/mol. The topological polar surface area (TPSA) is 125 Å². The van der Waals surface area contributed by atoms with Gasteiger partial charge in [0, 0.05) is 50.7 Å². The fraction of sp³-hybridized carbons (Fsp3) is 0.773. The maximum atomic E-state index is 12.9. The Balaban J connectivity index is 1.60. The van der Waals surface area contributed by atoms with E-state index in [0.29, 0.717) is 38.9 Å². The molecule has 172 valence electrons. The van der Waals surface area contributed by atoms with Crippen LogP contribution in [-0.4, -0.2) is 60.1 Å². The molecule has 9 nitrogen and oxygen atoms in total. The van der Waals surface area contributed by atoms with Crippen LogP contribution in [0.5, 0.6) is 0 Å². The monoisotopic (exact) mass is 434 g/mol. The molecule has 5 amide bonds. The number of likely N-dealkylation sites (tertiary alicyclic amines) is 1. The van der Waals surface area contributed by atoms with Crippen LogP contribution >= 0.6 is 0 Å². The third-order valence-electron chi connectivity index (χ3n) is 7.14. The van der Waals surface area contributed by atoms with E-state index in [0.717, 1.165) is 6.42 Å². The molecule has 3 fully saturated rings. The Morgan fingerprint density at radius 1 is 1.13 bits per heavy atom. The summed E-state index contributed by atoms with van der Waals surface area (Å²) in [6, 6.07) is -0.493. The number of amides is 5. The summed E-state index contributed by atoms with van der Waals surface area (Å²) >= 11 is 0. The first-order valence-corrected chi connectivity index (χ1v) is 11.2. The van der Waals surface area contributed by atoms with Crippen LogP contribution < -0.4 is 16.0 Å². The minimum absolute atomic E-state index is 0.0514.